The van der Waals surface area contributed by atoms with Gasteiger partial charge >= 0.3 is 0 Å². The van der Waals surface area contributed by atoms with Crippen LogP contribution in [0.25, 0.3) is 0 Å². The standard InChI is InChI=1S/C21H22O12/c22-7-15-17(27)18(28)19(29)20(32-15)31-13-4-9(23)5-14-16(13)12(26)6-21(30,33-14)8-1-2-10(24)11(25)3-8/h1-5,15,17-20,22-25,27-30H,6-7H2/t15-,17-,18+,19-,20-,21?/m1/s1. The number of ether oxygens (including phenoxy) is 3. The van der Waals surface area contributed by atoms with E-state index in [0.717, 1.165) is 24.3 Å². The van der Waals surface area contributed by atoms with Gasteiger partial charge in [-0.05, 0) is 18.2 Å². The molecule has 8 N–H and O–H groups in total. The first-order valence-electron chi connectivity index (χ1n) is 9.85. The third-order valence-corrected chi connectivity index (χ3v) is 5.53. The van der Waals surface area contributed by atoms with Crippen LogP contribution < -0.4 is 9.47 Å². The molecule has 0 saturated carbocycles. The highest BCUT2D eigenvalue weighted by Gasteiger charge is 2.47. The quantitative estimate of drug-likeness (QED) is 0.250. The van der Waals surface area contributed by atoms with Crippen molar-refractivity contribution in [2.45, 2.75) is 42.9 Å². The minimum Gasteiger partial charge on any atom is -0.508 e. The topological polar surface area (TPSA) is 207 Å². The zero-order valence-corrected chi connectivity index (χ0v) is 16.9. The Morgan fingerprint density at radius 1 is 1.00 bits per heavy atom. The first-order valence-corrected chi connectivity index (χ1v) is 9.85. The molecule has 6 atom stereocenters. The maximum absolute atomic E-state index is 13.0. The van der Waals surface area contributed by atoms with Gasteiger partial charge in [0.05, 0.1) is 13.0 Å². The second kappa shape index (κ2) is 8.33. The van der Waals surface area contributed by atoms with Crippen molar-refractivity contribution in [3.8, 4) is 28.7 Å². The number of benzene rings is 2. The minimum atomic E-state index is -2.25. The fraction of sp³-hybridized carbons (Fsp3) is 0.381. The van der Waals surface area contributed by atoms with Gasteiger partial charge in [-0.15, -0.1) is 0 Å². The highest BCUT2D eigenvalue weighted by Crippen LogP contribution is 2.45. The Morgan fingerprint density at radius 2 is 1.73 bits per heavy atom. The fourth-order valence-corrected chi connectivity index (χ4v) is 3.77. The van der Waals surface area contributed by atoms with Crippen molar-refractivity contribution in [1.29, 1.82) is 0 Å². The molecular weight excluding hydrogens is 444 g/mol. The molecule has 2 aliphatic heterocycles. The number of phenols is 3. The third kappa shape index (κ3) is 4.04. The molecule has 0 aromatic heterocycles. The van der Waals surface area contributed by atoms with E-state index in [2.05, 4.69) is 0 Å². The molecule has 2 aromatic carbocycles. The van der Waals surface area contributed by atoms with Gasteiger partial charge in [-0.3, -0.25) is 4.79 Å². The molecule has 178 valence electrons. The summed E-state index contributed by atoms with van der Waals surface area (Å²) in [6.45, 7) is -0.697. The van der Waals surface area contributed by atoms with Crippen molar-refractivity contribution in [2.24, 2.45) is 0 Å². The van der Waals surface area contributed by atoms with Gasteiger partial charge < -0.3 is 55.1 Å². The summed E-state index contributed by atoms with van der Waals surface area (Å²) in [5.74, 6) is -4.99. The van der Waals surface area contributed by atoms with Crippen LogP contribution in [-0.4, -0.2) is 83.9 Å². The molecule has 12 nitrogen and oxygen atoms in total. The molecule has 2 aromatic rings. The molecule has 2 aliphatic rings. The maximum Gasteiger partial charge on any atom is 0.242 e. The van der Waals surface area contributed by atoms with E-state index < -0.39 is 72.6 Å². The summed E-state index contributed by atoms with van der Waals surface area (Å²) < 4.78 is 16.3. The van der Waals surface area contributed by atoms with E-state index in [0.29, 0.717) is 0 Å². The van der Waals surface area contributed by atoms with Gasteiger partial charge in [0.15, 0.2) is 17.3 Å². The lowest BCUT2D eigenvalue weighted by molar-refractivity contribution is -0.277. The normalized spacial score (nSPS) is 31.5. The predicted molar refractivity (Wildman–Crippen MR) is 106 cm³/mol. The minimum absolute atomic E-state index is 0.0449. The molecular formula is C21H22O12. The summed E-state index contributed by atoms with van der Waals surface area (Å²) in [5.41, 5.74) is -0.256. The Bertz CT molecular complexity index is 1070. The number of aliphatic hydroxyl groups excluding tert-OH is 4. The van der Waals surface area contributed by atoms with E-state index >= 15 is 0 Å². The lowest BCUT2D eigenvalue weighted by Crippen LogP contribution is -2.60. The Hall–Kier alpha value is -3.13. The first-order chi connectivity index (χ1) is 15.5. The number of aliphatic hydroxyl groups is 5. The third-order valence-electron chi connectivity index (χ3n) is 5.53. The van der Waals surface area contributed by atoms with E-state index in [1.165, 1.54) is 6.07 Å². The lowest BCUT2D eigenvalue weighted by atomic mass is 9.92. The monoisotopic (exact) mass is 466 g/mol. The second-order valence-electron chi connectivity index (χ2n) is 7.82. The van der Waals surface area contributed by atoms with Crippen molar-refractivity contribution in [2.75, 3.05) is 6.61 Å². The van der Waals surface area contributed by atoms with Gasteiger partial charge in [-0.2, -0.15) is 0 Å². The van der Waals surface area contributed by atoms with Crippen LogP contribution in [0.4, 0.5) is 0 Å². The SMILES string of the molecule is O=C1CC(O)(c2ccc(O)c(O)c2)Oc2cc(O)cc(O[C@@H]3O[C@H](CO)[C@@H](O)[C@H](O)[C@H]3O)c21. The average molecular weight is 466 g/mol. The second-order valence-corrected chi connectivity index (χ2v) is 7.82. The highest BCUT2D eigenvalue weighted by molar-refractivity contribution is 6.03. The molecule has 0 radical (unpaired) electrons. The van der Waals surface area contributed by atoms with E-state index in [-0.39, 0.29) is 22.6 Å². The largest absolute Gasteiger partial charge is 0.508 e. The molecule has 12 heteroatoms. The van der Waals surface area contributed by atoms with Crippen molar-refractivity contribution in [3.63, 3.8) is 0 Å². The number of hydrogen-bond donors (Lipinski definition) is 8. The van der Waals surface area contributed by atoms with Gasteiger partial charge in [0.1, 0.15) is 47.2 Å². The predicted octanol–water partition coefficient (Wildman–Crippen LogP) is -1.21. The van der Waals surface area contributed by atoms with Crippen molar-refractivity contribution in [1.82, 2.24) is 0 Å². The summed E-state index contributed by atoms with van der Waals surface area (Å²) in [6.07, 6.45) is -8.65. The van der Waals surface area contributed by atoms with Gasteiger partial charge in [0.2, 0.25) is 12.1 Å². The number of rotatable bonds is 4. The summed E-state index contributed by atoms with van der Waals surface area (Å²) in [6, 6.07) is 5.42. The lowest BCUT2D eigenvalue weighted by Gasteiger charge is -2.40. The zero-order chi connectivity index (χ0) is 24.1. The number of aromatic hydroxyl groups is 3. The van der Waals surface area contributed by atoms with Crippen LogP contribution in [0.5, 0.6) is 28.7 Å². The van der Waals surface area contributed by atoms with Crippen molar-refractivity contribution in [3.05, 3.63) is 41.5 Å². The summed E-state index contributed by atoms with van der Waals surface area (Å²) in [5, 5.41) is 79.6. The average Bonchev–Trinajstić information content (AvgIpc) is 2.75. The summed E-state index contributed by atoms with van der Waals surface area (Å²) in [7, 11) is 0. The number of hydrogen-bond acceptors (Lipinski definition) is 12. The Balaban J connectivity index is 1.68. The van der Waals surface area contributed by atoms with E-state index in [1.807, 2.05) is 0 Å². The van der Waals surface area contributed by atoms with Gasteiger partial charge in [0.25, 0.3) is 0 Å². The van der Waals surface area contributed by atoms with Crippen LogP contribution in [0.3, 0.4) is 0 Å². The van der Waals surface area contributed by atoms with E-state index in [1.54, 1.807) is 0 Å². The van der Waals surface area contributed by atoms with Crippen LogP contribution in [0, 0.1) is 0 Å². The molecule has 0 spiro atoms. The number of ketones is 1. The first kappa shape index (κ1) is 23.0. The number of fused-ring (bicyclic) bond motifs is 1. The molecule has 0 bridgehead atoms. The molecule has 1 fully saturated rings. The molecule has 1 saturated heterocycles. The molecule has 0 amide bonds. The van der Waals surface area contributed by atoms with Crippen LogP contribution in [-0.2, 0) is 10.5 Å². The molecule has 33 heavy (non-hydrogen) atoms. The van der Waals surface area contributed by atoms with Crippen molar-refractivity contribution < 1.29 is 59.9 Å². The summed E-state index contributed by atoms with van der Waals surface area (Å²) in [4.78, 5) is 13.0. The Kier molecular flexibility index (Phi) is 5.82. The van der Waals surface area contributed by atoms with Crippen LogP contribution in [0.15, 0.2) is 30.3 Å². The van der Waals surface area contributed by atoms with E-state index in [4.69, 9.17) is 14.2 Å². The number of carbonyl (C=O) groups is 1. The van der Waals surface area contributed by atoms with Gasteiger partial charge in [0, 0.05) is 17.7 Å². The fourth-order valence-electron chi connectivity index (χ4n) is 3.77. The Morgan fingerprint density at radius 3 is 2.39 bits per heavy atom. The zero-order valence-electron chi connectivity index (χ0n) is 16.9. The molecule has 1 unspecified atom stereocenters. The molecule has 4 rings (SSSR count). The summed E-state index contributed by atoms with van der Waals surface area (Å²) >= 11 is 0. The molecule has 2 heterocycles. The Labute approximate surface area is 186 Å². The van der Waals surface area contributed by atoms with Gasteiger partial charge in [-0.1, -0.05) is 0 Å². The van der Waals surface area contributed by atoms with Crippen LogP contribution >= 0.6 is 0 Å². The maximum atomic E-state index is 13.0. The van der Waals surface area contributed by atoms with Crippen LogP contribution in [0.2, 0.25) is 0 Å². The van der Waals surface area contributed by atoms with E-state index in [9.17, 15) is 45.6 Å². The molecule has 0 aliphatic carbocycles. The number of phenolic OH excluding ortho intramolecular Hbond substituents is 3. The van der Waals surface area contributed by atoms with Gasteiger partial charge in [-0.25, -0.2) is 0 Å². The number of carbonyl (C=O) groups excluding carboxylic acids is 1. The highest BCUT2D eigenvalue weighted by atomic mass is 16.7. The smallest absolute Gasteiger partial charge is 0.242 e. The van der Waals surface area contributed by atoms with Crippen molar-refractivity contribution >= 4 is 5.78 Å². The van der Waals surface area contributed by atoms with Crippen LogP contribution in [0.1, 0.15) is 22.3 Å². The number of Topliss-reactive ketones (excluding diaryl/α,β-unsaturated/α-hetero) is 1.